The highest BCUT2D eigenvalue weighted by Gasteiger charge is 2.24. The number of fused-ring (bicyclic) bond motifs is 1. The van der Waals surface area contributed by atoms with E-state index in [0.29, 0.717) is 0 Å². The minimum absolute atomic E-state index is 0. The molecule has 1 aromatic rings. The Labute approximate surface area is 124 Å². The maximum Gasteiger partial charge on any atom is 0.237 e. The summed E-state index contributed by atoms with van der Waals surface area (Å²) in [4.78, 5) is 12.0. The van der Waals surface area contributed by atoms with E-state index in [4.69, 9.17) is 9.47 Å². The van der Waals surface area contributed by atoms with Crippen LogP contribution in [0.1, 0.15) is 31.4 Å². The minimum Gasteiger partial charge on any atom is -0.454 e. The molecule has 110 valence electrons. The van der Waals surface area contributed by atoms with Gasteiger partial charge in [-0.1, -0.05) is 6.07 Å². The summed E-state index contributed by atoms with van der Waals surface area (Å²) in [7, 11) is 0. The van der Waals surface area contributed by atoms with Gasteiger partial charge < -0.3 is 20.1 Å². The van der Waals surface area contributed by atoms with Crippen molar-refractivity contribution in [1.82, 2.24) is 10.6 Å². The Bertz CT molecular complexity index is 489. The molecule has 6 heteroatoms. The number of benzene rings is 1. The fourth-order valence-corrected chi connectivity index (χ4v) is 2.49. The molecule has 2 aliphatic rings. The molecule has 0 radical (unpaired) electrons. The van der Waals surface area contributed by atoms with Crippen LogP contribution in [0.3, 0.4) is 0 Å². The second kappa shape index (κ2) is 6.33. The normalized spacial score (nSPS) is 21.1. The molecular formula is C14H19ClN2O3. The van der Waals surface area contributed by atoms with Crippen LogP contribution in [0.4, 0.5) is 0 Å². The summed E-state index contributed by atoms with van der Waals surface area (Å²) in [6, 6.07) is 5.69. The number of ether oxygens (including phenoxy) is 2. The van der Waals surface area contributed by atoms with Crippen molar-refractivity contribution in [1.29, 1.82) is 0 Å². The summed E-state index contributed by atoms with van der Waals surface area (Å²) in [5, 5.41) is 6.23. The van der Waals surface area contributed by atoms with Gasteiger partial charge in [0.15, 0.2) is 11.5 Å². The monoisotopic (exact) mass is 298 g/mol. The van der Waals surface area contributed by atoms with Crippen LogP contribution in [0.25, 0.3) is 0 Å². The predicted octanol–water partition coefficient (Wildman–Crippen LogP) is 1.77. The van der Waals surface area contributed by atoms with Crippen LogP contribution in [-0.2, 0) is 4.79 Å². The van der Waals surface area contributed by atoms with E-state index in [1.807, 2.05) is 25.1 Å². The van der Waals surface area contributed by atoms with E-state index in [1.54, 1.807) is 0 Å². The minimum atomic E-state index is -0.0449. The predicted molar refractivity (Wildman–Crippen MR) is 77.4 cm³/mol. The zero-order chi connectivity index (χ0) is 13.2. The van der Waals surface area contributed by atoms with Gasteiger partial charge in [0.2, 0.25) is 12.7 Å². The van der Waals surface area contributed by atoms with E-state index in [0.717, 1.165) is 36.4 Å². The first-order valence-corrected chi connectivity index (χ1v) is 6.67. The molecule has 1 unspecified atom stereocenters. The summed E-state index contributed by atoms with van der Waals surface area (Å²) >= 11 is 0. The zero-order valence-electron chi connectivity index (χ0n) is 11.3. The Balaban J connectivity index is 0.00000147. The van der Waals surface area contributed by atoms with Crippen LogP contribution in [0.15, 0.2) is 18.2 Å². The highest BCUT2D eigenvalue weighted by atomic mass is 35.5. The number of carbonyl (C=O) groups excluding carboxylic acids is 1. The molecule has 1 amide bonds. The number of rotatable bonds is 3. The van der Waals surface area contributed by atoms with Crippen molar-refractivity contribution in [3.8, 4) is 11.5 Å². The molecule has 0 spiro atoms. The Morgan fingerprint density at radius 1 is 1.40 bits per heavy atom. The number of halogens is 1. The summed E-state index contributed by atoms with van der Waals surface area (Å²) < 4.78 is 10.6. The third-order valence-corrected chi connectivity index (χ3v) is 3.63. The zero-order valence-corrected chi connectivity index (χ0v) is 12.2. The van der Waals surface area contributed by atoms with Gasteiger partial charge in [0.05, 0.1) is 12.1 Å². The number of carbonyl (C=O) groups is 1. The van der Waals surface area contributed by atoms with Crippen molar-refractivity contribution < 1.29 is 14.3 Å². The first kappa shape index (κ1) is 14.9. The standard InChI is InChI=1S/C14H18N2O3.ClH/c1-9(16-14(17)11-3-2-6-15-11)10-4-5-12-13(7-10)19-8-18-12;/h4-5,7,9,11,15H,2-3,6,8H2,1H3,(H,16,17);1H/t9?,11-;/m0./s1. The van der Waals surface area contributed by atoms with Gasteiger partial charge in [0.25, 0.3) is 0 Å². The molecule has 0 bridgehead atoms. The van der Waals surface area contributed by atoms with Crippen molar-refractivity contribution in [3.05, 3.63) is 23.8 Å². The maximum absolute atomic E-state index is 12.0. The molecule has 2 N–H and O–H groups in total. The SMILES string of the molecule is CC(NC(=O)[C@@H]1CCCN1)c1ccc2c(c1)OCO2.Cl. The van der Waals surface area contributed by atoms with Crippen LogP contribution < -0.4 is 20.1 Å². The van der Waals surface area contributed by atoms with Gasteiger partial charge in [0.1, 0.15) is 0 Å². The Kier molecular flexibility index (Phi) is 4.73. The Hall–Kier alpha value is -1.46. The lowest BCUT2D eigenvalue weighted by Crippen LogP contribution is -2.41. The Morgan fingerprint density at radius 3 is 2.95 bits per heavy atom. The molecule has 2 aliphatic heterocycles. The van der Waals surface area contributed by atoms with Crippen molar-refractivity contribution in [2.75, 3.05) is 13.3 Å². The lowest BCUT2D eigenvalue weighted by Gasteiger charge is -2.17. The quantitative estimate of drug-likeness (QED) is 0.893. The van der Waals surface area contributed by atoms with Gasteiger partial charge >= 0.3 is 0 Å². The highest BCUT2D eigenvalue weighted by molar-refractivity contribution is 5.85. The molecule has 0 saturated carbocycles. The van der Waals surface area contributed by atoms with Crippen molar-refractivity contribution in [3.63, 3.8) is 0 Å². The van der Waals surface area contributed by atoms with Crippen LogP contribution in [0.5, 0.6) is 11.5 Å². The van der Waals surface area contributed by atoms with Crippen LogP contribution in [-0.4, -0.2) is 25.3 Å². The largest absolute Gasteiger partial charge is 0.454 e. The molecule has 2 atom stereocenters. The van der Waals surface area contributed by atoms with Crippen molar-refractivity contribution >= 4 is 18.3 Å². The first-order valence-electron chi connectivity index (χ1n) is 6.67. The molecule has 0 aromatic heterocycles. The van der Waals surface area contributed by atoms with E-state index in [9.17, 15) is 4.79 Å². The van der Waals surface area contributed by atoms with Crippen LogP contribution >= 0.6 is 12.4 Å². The summed E-state index contributed by atoms with van der Waals surface area (Å²) in [6.07, 6.45) is 1.98. The lowest BCUT2D eigenvalue weighted by molar-refractivity contribution is -0.123. The summed E-state index contributed by atoms with van der Waals surface area (Å²) in [5.41, 5.74) is 1.02. The van der Waals surface area contributed by atoms with E-state index < -0.39 is 0 Å². The van der Waals surface area contributed by atoms with Gasteiger partial charge in [-0.2, -0.15) is 0 Å². The number of nitrogens with one attached hydrogen (secondary N) is 2. The smallest absolute Gasteiger partial charge is 0.237 e. The third kappa shape index (κ3) is 2.99. The van der Waals surface area contributed by atoms with Gasteiger partial charge in [0, 0.05) is 0 Å². The Morgan fingerprint density at radius 2 is 2.20 bits per heavy atom. The molecule has 1 fully saturated rings. The second-order valence-corrected chi connectivity index (χ2v) is 4.99. The van der Waals surface area contributed by atoms with E-state index in [2.05, 4.69) is 10.6 Å². The van der Waals surface area contributed by atoms with Crippen molar-refractivity contribution in [2.24, 2.45) is 0 Å². The number of hydrogen-bond acceptors (Lipinski definition) is 4. The molecule has 20 heavy (non-hydrogen) atoms. The topological polar surface area (TPSA) is 59.6 Å². The second-order valence-electron chi connectivity index (χ2n) is 4.99. The average Bonchev–Trinajstić information content (AvgIpc) is 3.09. The van der Waals surface area contributed by atoms with Crippen LogP contribution in [0.2, 0.25) is 0 Å². The number of amides is 1. The van der Waals surface area contributed by atoms with E-state index in [-0.39, 0.29) is 37.2 Å². The summed E-state index contributed by atoms with van der Waals surface area (Å²) in [6.45, 7) is 3.17. The molecule has 0 aliphatic carbocycles. The van der Waals surface area contributed by atoms with Crippen molar-refractivity contribution in [2.45, 2.75) is 31.8 Å². The van der Waals surface area contributed by atoms with Gasteiger partial charge in [-0.3, -0.25) is 4.79 Å². The molecule has 1 saturated heterocycles. The van der Waals surface area contributed by atoms with Gasteiger partial charge in [-0.05, 0) is 44.0 Å². The fraction of sp³-hybridized carbons (Fsp3) is 0.500. The van der Waals surface area contributed by atoms with Crippen LogP contribution in [0, 0.1) is 0 Å². The molecule has 5 nitrogen and oxygen atoms in total. The molecule has 2 heterocycles. The average molecular weight is 299 g/mol. The van der Waals surface area contributed by atoms with Gasteiger partial charge in [-0.15, -0.1) is 12.4 Å². The first-order chi connectivity index (χ1) is 9.24. The third-order valence-electron chi connectivity index (χ3n) is 3.63. The summed E-state index contributed by atoms with van der Waals surface area (Å²) in [5.74, 6) is 1.58. The maximum atomic E-state index is 12.0. The van der Waals surface area contributed by atoms with Gasteiger partial charge in [-0.25, -0.2) is 0 Å². The lowest BCUT2D eigenvalue weighted by atomic mass is 10.1. The fourth-order valence-electron chi connectivity index (χ4n) is 2.49. The molecule has 3 rings (SSSR count). The van der Waals surface area contributed by atoms with E-state index >= 15 is 0 Å². The highest BCUT2D eigenvalue weighted by Crippen LogP contribution is 2.34. The number of hydrogen-bond donors (Lipinski definition) is 2. The molecule has 1 aromatic carbocycles. The molecular weight excluding hydrogens is 280 g/mol. The van der Waals surface area contributed by atoms with E-state index in [1.165, 1.54) is 0 Å².